The Morgan fingerprint density at radius 1 is 0.960 bits per heavy atom. The second-order valence-corrected chi connectivity index (χ2v) is 5.68. The van der Waals surface area contributed by atoms with Gasteiger partial charge in [0, 0.05) is 0 Å². The average Bonchev–Trinajstić information content (AvgIpc) is 3.18. The van der Waals surface area contributed by atoms with Crippen LogP contribution in [0, 0.1) is 6.92 Å². The third-order valence-corrected chi connectivity index (χ3v) is 3.88. The van der Waals surface area contributed by atoms with Crippen LogP contribution in [0.3, 0.4) is 0 Å². The van der Waals surface area contributed by atoms with Gasteiger partial charge in [-0.3, -0.25) is 4.79 Å². The first-order valence-corrected chi connectivity index (χ1v) is 8.12. The van der Waals surface area contributed by atoms with E-state index >= 15 is 0 Å². The van der Waals surface area contributed by atoms with Crippen LogP contribution in [-0.2, 0) is 42.9 Å². The molecule has 0 aromatic carbocycles. The summed E-state index contributed by atoms with van der Waals surface area (Å²) in [5.74, 6) is -3.22. The highest BCUT2D eigenvalue weighted by atomic mass is 16.7. The summed E-state index contributed by atoms with van der Waals surface area (Å²) in [6.45, 7) is 3.85. The van der Waals surface area contributed by atoms with Gasteiger partial charge in [0.15, 0.2) is 12.2 Å². The van der Waals surface area contributed by atoms with Crippen LogP contribution >= 0.6 is 0 Å². The maximum atomic E-state index is 11.8. The van der Waals surface area contributed by atoms with E-state index in [0.29, 0.717) is 6.42 Å². The van der Waals surface area contributed by atoms with Crippen molar-refractivity contribution in [3.8, 4) is 0 Å². The molecule has 0 bridgehead atoms. The highest BCUT2D eigenvalue weighted by Gasteiger charge is 2.51. The summed E-state index contributed by atoms with van der Waals surface area (Å²) in [5, 5.41) is 0. The molecule has 2 aliphatic heterocycles. The van der Waals surface area contributed by atoms with Gasteiger partial charge in [0.1, 0.15) is 12.2 Å². The fourth-order valence-electron chi connectivity index (χ4n) is 2.67. The molecule has 2 aliphatic rings. The fraction of sp³-hybridized carbons (Fsp3) is 0.688. The van der Waals surface area contributed by atoms with Crippen molar-refractivity contribution >= 4 is 24.2 Å². The highest BCUT2D eigenvalue weighted by Crippen LogP contribution is 2.30. The van der Waals surface area contributed by atoms with Crippen molar-refractivity contribution in [1.82, 2.24) is 0 Å². The van der Waals surface area contributed by atoms with E-state index < -0.39 is 42.3 Å². The van der Waals surface area contributed by atoms with Crippen LogP contribution in [-0.4, -0.2) is 68.4 Å². The summed E-state index contributed by atoms with van der Waals surface area (Å²) in [6, 6.07) is 0. The summed E-state index contributed by atoms with van der Waals surface area (Å²) in [5.41, 5.74) is 0. The third-order valence-electron chi connectivity index (χ3n) is 3.88. The van der Waals surface area contributed by atoms with Crippen molar-refractivity contribution in [2.75, 3.05) is 19.8 Å². The summed E-state index contributed by atoms with van der Waals surface area (Å²) in [7, 11) is 0. The van der Waals surface area contributed by atoms with E-state index in [0.717, 1.165) is 19.3 Å². The van der Waals surface area contributed by atoms with Gasteiger partial charge >= 0.3 is 17.9 Å². The topological polar surface area (TPSA) is 114 Å². The van der Waals surface area contributed by atoms with Crippen LogP contribution in [0.4, 0.5) is 0 Å². The Bertz CT molecular complexity index is 504. The first kappa shape index (κ1) is 19.3. The molecule has 2 heterocycles. The molecular formula is C16H21O9. The molecule has 0 amide bonds. The van der Waals surface area contributed by atoms with Crippen molar-refractivity contribution < 1.29 is 42.9 Å². The predicted octanol–water partition coefficient (Wildman–Crippen LogP) is -0.256. The lowest BCUT2D eigenvalue weighted by atomic mass is 10.1. The monoisotopic (exact) mass is 357 g/mol. The van der Waals surface area contributed by atoms with Crippen LogP contribution < -0.4 is 0 Å². The minimum atomic E-state index is -1.12. The average molecular weight is 357 g/mol. The Hall–Kier alpha value is -2.00. The van der Waals surface area contributed by atoms with Gasteiger partial charge in [0.25, 0.3) is 0 Å². The number of esters is 3. The summed E-state index contributed by atoms with van der Waals surface area (Å²) >= 11 is 0. The van der Waals surface area contributed by atoms with Gasteiger partial charge in [0.2, 0.25) is 6.29 Å². The Morgan fingerprint density at radius 2 is 1.60 bits per heavy atom. The number of carbonyl (C=O) groups is 4. The molecule has 0 aromatic rings. The van der Waals surface area contributed by atoms with Gasteiger partial charge < -0.3 is 23.7 Å². The first-order chi connectivity index (χ1) is 12.1. The maximum Gasteiger partial charge on any atom is 0.417 e. The van der Waals surface area contributed by atoms with Crippen molar-refractivity contribution in [2.24, 2.45) is 0 Å². The molecule has 2 fully saturated rings. The number of carbonyl (C=O) groups excluding carboxylic acids is 4. The number of aldehydes is 1. The molecule has 1 radical (unpaired) electrons. The fourth-order valence-corrected chi connectivity index (χ4v) is 2.67. The number of ether oxygens (including phenoxy) is 5. The van der Waals surface area contributed by atoms with E-state index in [4.69, 9.17) is 23.7 Å². The summed E-state index contributed by atoms with van der Waals surface area (Å²) in [4.78, 5) is 44.7. The van der Waals surface area contributed by atoms with Crippen molar-refractivity contribution in [1.29, 1.82) is 0 Å². The van der Waals surface area contributed by atoms with Crippen molar-refractivity contribution in [3.63, 3.8) is 0 Å². The van der Waals surface area contributed by atoms with Gasteiger partial charge in [-0.05, 0) is 6.42 Å². The second kappa shape index (κ2) is 9.47. The minimum Gasteiger partial charge on any atom is -0.457 e. The van der Waals surface area contributed by atoms with E-state index in [9.17, 15) is 19.2 Å². The summed E-state index contributed by atoms with van der Waals surface area (Å²) < 4.78 is 25.6. The van der Waals surface area contributed by atoms with E-state index in [1.165, 1.54) is 0 Å². The molecule has 2 saturated heterocycles. The molecule has 0 spiro atoms. The summed E-state index contributed by atoms with van der Waals surface area (Å²) in [6.07, 6.45) is 0.411. The third kappa shape index (κ3) is 5.23. The van der Waals surface area contributed by atoms with E-state index in [1.54, 1.807) is 0 Å². The molecule has 25 heavy (non-hydrogen) atoms. The van der Waals surface area contributed by atoms with E-state index in [2.05, 4.69) is 6.92 Å². The van der Waals surface area contributed by atoms with Gasteiger partial charge in [-0.25, -0.2) is 14.4 Å². The standard InChI is InChI=1S/C16H21O9/c1-2-3-4-5-6-21-15(19)16(20)25-11-9-23-13-10(8-22-14(11)13)24-12(18)7-17/h7,10-11,13-14H,1-6,8-9H2/t10-,11-,13?,14?/m1/s1. The Labute approximate surface area is 144 Å². The maximum absolute atomic E-state index is 11.8. The zero-order chi connectivity index (χ0) is 18.2. The smallest absolute Gasteiger partial charge is 0.417 e. The van der Waals surface area contributed by atoms with Crippen LogP contribution in [0.1, 0.15) is 25.7 Å². The first-order valence-electron chi connectivity index (χ1n) is 8.12. The molecule has 9 heteroatoms. The Kier molecular flexibility index (Phi) is 7.32. The minimum absolute atomic E-state index is 0.00695. The van der Waals surface area contributed by atoms with Gasteiger partial charge in [-0.1, -0.05) is 26.2 Å². The van der Waals surface area contributed by atoms with Crippen LogP contribution in [0.25, 0.3) is 0 Å². The predicted molar refractivity (Wildman–Crippen MR) is 80.1 cm³/mol. The normalized spacial score (nSPS) is 27.4. The molecule has 4 atom stereocenters. The quantitative estimate of drug-likeness (QED) is 0.191. The molecular weight excluding hydrogens is 336 g/mol. The van der Waals surface area contributed by atoms with Gasteiger partial charge in [0.05, 0.1) is 19.8 Å². The van der Waals surface area contributed by atoms with E-state index in [-0.39, 0.29) is 26.1 Å². The van der Waals surface area contributed by atoms with Gasteiger partial charge in [-0.15, -0.1) is 0 Å². The highest BCUT2D eigenvalue weighted by molar-refractivity contribution is 6.29. The number of fused-ring (bicyclic) bond motifs is 1. The van der Waals surface area contributed by atoms with Crippen molar-refractivity contribution in [2.45, 2.75) is 50.1 Å². The molecule has 139 valence electrons. The number of hydrogen-bond acceptors (Lipinski definition) is 9. The number of hydrogen-bond donors (Lipinski definition) is 0. The molecule has 0 saturated carbocycles. The zero-order valence-corrected chi connectivity index (χ0v) is 13.7. The molecule has 2 rings (SSSR count). The molecule has 9 nitrogen and oxygen atoms in total. The van der Waals surface area contributed by atoms with E-state index in [1.807, 2.05) is 0 Å². The zero-order valence-electron chi connectivity index (χ0n) is 13.7. The van der Waals surface area contributed by atoms with Gasteiger partial charge in [-0.2, -0.15) is 0 Å². The van der Waals surface area contributed by atoms with Crippen LogP contribution in [0.2, 0.25) is 0 Å². The molecule has 0 aromatic heterocycles. The van der Waals surface area contributed by atoms with Crippen molar-refractivity contribution in [3.05, 3.63) is 6.92 Å². The SMILES string of the molecule is [CH2]CCCCCOC(=O)C(=O)O[C@@H]1COC2C1OC[C@H]2OC(=O)C=O. The second-order valence-electron chi connectivity index (χ2n) is 5.68. The number of unbranched alkanes of at least 4 members (excludes halogenated alkanes) is 3. The molecule has 0 aliphatic carbocycles. The van der Waals surface area contributed by atoms with Crippen LogP contribution in [0.15, 0.2) is 0 Å². The lowest BCUT2D eigenvalue weighted by molar-refractivity contribution is -0.173. The molecule has 0 N–H and O–H groups in total. The lowest BCUT2D eigenvalue weighted by Gasteiger charge is -2.16. The van der Waals surface area contributed by atoms with Crippen LogP contribution in [0.5, 0.6) is 0 Å². The Morgan fingerprint density at radius 3 is 2.20 bits per heavy atom. The largest absolute Gasteiger partial charge is 0.457 e. The Balaban J connectivity index is 1.74. The lowest BCUT2D eigenvalue weighted by Crippen LogP contribution is -2.37. The molecule has 2 unspecified atom stereocenters. The number of rotatable bonds is 8.